The van der Waals surface area contributed by atoms with Crippen LogP contribution in [0, 0.1) is 0 Å². The molecule has 0 aliphatic heterocycles. The number of hydrogen-bond acceptors (Lipinski definition) is 3. The van der Waals surface area contributed by atoms with Gasteiger partial charge in [-0.3, -0.25) is 4.79 Å². The van der Waals surface area contributed by atoms with E-state index in [1.807, 2.05) is 0 Å². The van der Waals surface area contributed by atoms with Gasteiger partial charge in [0.1, 0.15) is 6.04 Å². The van der Waals surface area contributed by atoms with E-state index < -0.39 is 0 Å². The molecule has 1 amide bonds. The Kier molecular flexibility index (Phi) is 2.44. The zero-order valence-corrected chi connectivity index (χ0v) is 6.90. The smallest absolute Gasteiger partial charge is 0.240 e. The summed E-state index contributed by atoms with van der Waals surface area (Å²) in [5.74, 6) is -0.379. The fourth-order valence-electron chi connectivity index (χ4n) is 0.844. The molecule has 1 aromatic heterocycles. The van der Waals surface area contributed by atoms with Crippen LogP contribution in [0.3, 0.4) is 0 Å². The zero-order valence-electron chi connectivity index (χ0n) is 6.90. The number of imidazole rings is 1. The van der Waals surface area contributed by atoms with E-state index in [1.165, 1.54) is 0 Å². The molecular weight excluding hydrogens is 156 g/mol. The van der Waals surface area contributed by atoms with Crippen molar-refractivity contribution in [3.05, 3.63) is 18.2 Å². The van der Waals surface area contributed by atoms with Gasteiger partial charge < -0.3 is 16.0 Å². The summed E-state index contributed by atoms with van der Waals surface area (Å²) in [5.41, 5.74) is 11.2. The molecule has 0 saturated heterocycles. The molecular formula is C7H12N4O. The van der Waals surface area contributed by atoms with Crippen molar-refractivity contribution in [2.45, 2.75) is 19.5 Å². The number of nitrogens with two attached hydrogens (primary N) is 2. The SMILES string of the molecule is CC(C(N)=O)n1cnc(CN)c1. The van der Waals surface area contributed by atoms with Gasteiger partial charge in [0.2, 0.25) is 5.91 Å². The van der Waals surface area contributed by atoms with E-state index in [2.05, 4.69) is 4.98 Å². The Morgan fingerprint density at radius 3 is 2.92 bits per heavy atom. The summed E-state index contributed by atoms with van der Waals surface area (Å²) in [6, 6.07) is -0.363. The van der Waals surface area contributed by atoms with Crippen LogP contribution >= 0.6 is 0 Å². The predicted molar refractivity (Wildman–Crippen MR) is 44.0 cm³/mol. The monoisotopic (exact) mass is 168 g/mol. The molecule has 0 fully saturated rings. The lowest BCUT2D eigenvalue weighted by atomic mass is 10.3. The minimum absolute atomic E-state index is 0.363. The molecule has 0 aliphatic rings. The lowest BCUT2D eigenvalue weighted by Crippen LogP contribution is -2.23. The molecule has 5 nitrogen and oxygen atoms in total. The summed E-state index contributed by atoms with van der Waals surface area (Å²) >= 11 is 0. The molecule has 12 heavy (non-hydrogen) atoms. The van der Waals surface area contributed by atoms with Crippen LogP contribution in [-0.4, -0.2) is 15.5 Å². The summed E-state index contributed by atoms with van der Waals surface area (Å²) in [5, 5.41) is 0. The zero-order chi connectivity index (χ0) is 9.14. The maximum atomic E-state index is 10.7. The molecule has 0 saturated carbocycles. The third-order valence-corrected chi connectivity index (χ3v) is 1.72. The number of carbonyl (C=O) groups is 1. The van der Waals surface area contributed by atoms with E-state index >= 15 is 0 Å². The molecule has 0 bridgehead atoms. The van der Waals surface area contributed by atoms with Crippen molar-refractivity contribution in [3.63, 3.8) is 0 Å². The lowest BCUT2D eigenvalue weighted by molar-refractivity contribution is -0.120. The fraction of sp³-hybridized carbons (Fsp3) is 0.429. The third-order valence-electron chi connectivity index (χ3n) is 1.72. The Hall–Kier alpha value is -1.36. The van der Waals surface area contributed by atoms with E-state index in [1.54, 1.807) is 24.0 Å². The highest BCUT2D eigenvalue weighted by atomic mass is 16.1. The molecule has 4 N–H and O–H groups in total. The molecule has 0 aliphatic carbocycles. The highest BCUT2D eigenvalue weighted by molar-refractivity contribution is 5.77. The first-order valence-electron chi connectivity index (χ1n) is 3.67. The van der Waals surface area contributed by atoms with Crippen LogP contribution in [0.25, 0.3) is 0 Å². The summed E-state index contributed by atoms with van der Waals surface area (Å²) in [6.07, 6.45) is 3.27. The minimum atomic E-state index is -0.379. The van der Waals surface area contributed by atoms with Crippen LogP contribution in [0.4, 0.5) is 0 Å². The highest BCUT2D eigenvalue weighted by Gasteiger charge is 2.10. The first-order chi connectivity index (χ1) is 5.65. The van der Waals surface area contributed by atoms with Crippen molar-refractivity contribution in [1.29, 1.82) is 0 Å². The number of primary amides is 1. The third kappa shape index (κ3) is 1.62. The largest absolute Gasteiger partial charge is 0.368 e. The van der Waals surface area contributed by atoms with Gasteiger partial charge in [-0.25, -0.2) is 4.98 Å². The quantitative estimate of drug-likeness (QED) is 0.631. The molecule has 1 atom stereocenters. The average Bonchev–Trinajstić information content (AvgIpc) is 2.50. The Morgan fingerprint density at radius 2 is 2.50 bits per heavy atom. The van der Waals surface area contributed by atoms with Crippen LogP contribution in [0.2, 0.25) is 0 Å². The Bertz CT molecular complexity index is 281. The Balaban J connectivity index is 2.81. The number of rotatable bonds is 3. The molecule has 0 aromatic carbocycles. The Labute approximate surface area is 70.4 Å². The summed E-state index contributed by atoms with van der Waals surface area (Å²) in [7, 11) is 0. The molecule has 5 heteroatoms. The maximum Gasteiger partial charge on any atom is 0.240 e. The van der Waals surface area contributed by atoms with Gasteiger partial charge in [0.15, 0.2) is 0 Å². The summed E-state index contributed by atoms with van der Waals surface area (Å²) in [6.45, 7) is 2.09. The molecule has 1 aromatic rings. The van der Waals surface area contributed by atoms with Crippen molar-refractivity contribution in [1.82, 2.24) is 9.55 Å². The van der Waals surface area contributed by atoms with Crippen molar-refractivity contribution in [2.24, 2.45) is 11.5 Å². The van der Waals surface area contributed by atoms with Crippen LogP contribution in [-0.2, 0) is 11.3 Å². The van der Waals surface area contributed by atoms with Crippen molar-refractivity contribution >= 4 is 5.91 Å². The Morgan fingerprint density at radius 1 is 1.83 bits per heavy atom. The van der Waals surface area contributed by atoms with Crippen molar-refractivity contribution in [3.8, 4) is 0 Å². The van der Waals surface area contributed by atoms with Gasteiger partial charge in [-0.15, -0.1) is 0 Å². The normalized spacial score (nSPS) is 12.8. The second kappa shape index (κ2) is 3.36. The fourth-order valence-corrected chi connectivity index (χ4v) is 0.844. The second-order valence-electron chi connectivity index (χ2n) is 2.59. The van der Waals surface area contributed by atoms with E-state index in [0.29, 0.717) is 6.54 Å². The first-order valence-corrected chi connectivity index (χ1v) is 3.67. The number of carbonyl (C=O) groups excluding carboxylic acids is 1. The number of hydrogen-bond donors (Lipinski definition) is 2. The summed E-state index contributed by atoms with van der Waals surface area (Å²) < 4.78 is 1.64. The molecule has 66 valence electrons. The molecule has 1 heterocycles. The van der Waals surface area contributed by atoms with Gasteiger partial charge >= 0.3 is 0 Å². The highest BCUT2D eigenvalue weighted by Crippen LogP contribution is 2.05. The van der Waals surface area contributed by atoms with Gasteiger partial charge in [-0.05, 0) is 6.92 Å². The van der Waals surface area contributed by atoms with E-state index in [9.17, 15) is 4.79 Å². The van der Waals surface area contributed by atoms with Crippen LogP contribution < -0.4 is 11.5 Å². The van der Waals surface area contributed by atoms with E-state index in [0.717, 1.165) is 5.69 Å². The molecule has 0 spiro atoms. The maximum absolute atomic E-state index is 10.7. The molecule has 0 radical (unpaired) electrons. The predicted octanol–water partition coefficient (Wildman–Crippen LogP) is -0.612. The standard InChI is InChI=1S/C7H12N4O/c1-5(7(9)12)11-3-6(2-8)10-4-11/h3-5H,2,8H2,1H3,(H2,9,12). The minimum Gasteiger partial charge on any atom is -0.368 e. The topological polar surface area (TPSA) is 86.9 Å². The van der Waals surface area contributed by atoms with Gasteiger partial charge in [-0.2, -0.15) is 0 Å². The number of amides is 1. The van der Waals surface area contributed by atoms with E-state index in [4.69, 9.17) is 11.5 Å². The van der Waals surface area contributed by atoms with Crippen LogP contribution in [0.1, 0.15) is 18.7 Å². The van der Waals surface area contributed by atoms with Crippen LogP contribution in [0.5, 0.6) is 0 Å². The number of aromatic nitrogens is 2. The van der Waals surface area contributed by atoms with Gasteiger partial charge in [0.25, 0.3) is 0 Å². The van der Waals surface area contributed by atoms with Gasteiger partial charge in [0, 0.05) is 12.7 Å². The molecule has 1 unspecified atom stereocenters. The lowest BCUT2D eigenvalue weighted by Gasteiger charge is -2.06. The van der Waals surface area contributed by atoms with Crippen LogP contribution in [0.15, 0.2) is 12.5 Å². The second-order valence-corrected chi connectivity index (χ2v) is 2.59. The van der Waals surface area contributed by atoms with E-state index in [-0.39, 0.29) is 11.9 Å². The van der Waals surface area contributed by atoms with Gasteiger partial charge in [0.05, 0.1) is 12.0 Å². The number of nitrogens with zero attached hydrogens (tertiary/aromatic N) is 2. The first kappa shape index (κ1) is 8.73. The summed E-state index contributed by atoms with van der Waals surface area (Å²) in [4.78, 5) is 14.7. The van der Waals surface area contributed by atoms with Crippen molar-refractivity contribution < 1.29 is 4.79 Å². The molecule has 1 rings (SSSR count). The van der Waals surface area contributed by atoms with Gasteiger partial charge in [-0.1, -0.05) is 0 Å². The average molecular weight is 168 g/mol. The van der Waals surface area contributed by atoms with Crippen molar-refractivity contribution in [2.75, 3.05) is 0 Å².